The van der Waals surface area contributed by atoms with Crippen molar-refractivity contribution in [3.05, 3.63) is 18.2 Å². The maximum atomic E-state index is 2.58. The zero-order valence-electron chi connectivity index (χ0n) is 26.9. The Hall–Kier alpha value is -0.790. The first-order valence-corrected chi connectivity index (χ1v) is 17.8. The van der Waals surface area contributed by atoms with Gasteiger partial charge in [0.15, 0.2) is 0 Å². The molecule has 1 heterocycles. The van der Waals surface area contributed by atoms with E-state index in [0.29, 0.717) is 6.04 Å². The van der Waals surface area contributed by atoms with Gasteiger partial charge in [-0.25, -0.2) is 9.13 Å². The van der Waals surface area contributed by atoms with Crippen LogP contribution in [0.1, 0.15) is 207 Å². The van der Waals surface area contributed by atoms with E-state index in [1.807, 2.05) is 0 Å². The minimum Gasteiger partial charge on any atom is -0.234 e. The van der Waals surface area contributed by atoms with E-state index in [1.54, 1.807) is 5.82 Å². The fraction of sp³-hybridized carbons (Fsp3) is 0.917. The first-order valence-electron chi connectivity index (χ1n) is 17.8. The minimum atomic E-state index is 0.569. The van der Waals surface area contributed by atoms with Crippen molar-refractivity contribution in [3.8, 4) is 0 Å². The minimum absolute atomic E-state index is 0.569. The van der Waals surface area contributed by atoms with Crippen LogP contribution in [-0.4, -0.2) is 4.57 Å². The van der Waals surface area contributed by atoms with Crippen LogP contribution >= 0.6 is 0 Å². The smallest absolute Gasteiger partial charge is 0.234 e. The number of aromatic nitrogens is 2. The van der Waals surface area contributed by atoms with Gasteiger partial charge >= 0.3 is 0 Å². The highest BCUT2D eigenvalue weighted by Crippen LogP contribution is 2.16. The van der Waals surface area contributed by atoms with Crippen molar-refractivity contribution in [2.75, 3.05) is 0 Å². The summed E-state index contributed by atoms with van der Waals surface area (Å²) >= 11 is 0. The SMILES string of the molecule is CCCCCCCCCCCCCCCCCc1n(C(C)C)cc[n+]1CCCCCCCCCCCCC. The first-order chi connectivity index (χ1) is 18.7. The highest BCUT2D eigenvalue weighted by Gasteiger charge is 2.18. The largest absolute Gasteiger partial charge is 0.256 e. The van der Waals surface area contributed by atoms with E-state index in [1.165, 1.54) is 180 Å². The maximum Gasteiger partial charge on any atom is 0.256 e. The molecule has 224 valence electrons. The third-order valence-corrected chi connectivity index (χ3v) is 8.60. The molecule has 38 heavy (non-hydrogen) atoms. The fourth-order valence-electron chi connectivity index (χ4n) is 6.02. The van der Waals surface area contributed by atoms with Gasteiger partial charge < -0.3 is 0 Å². The molecular weight excluding hydrogens is 460 g/mol. The summed E-state index contributed by atoms with van der Waals surface area (Å²) in [6.07, 6.45) is 43.3. The van der Waals surface area contributed by atoms with Crippen LogP contribution in [0.3, 0.4) is 0 Å². The van der Waals surface area contributed by atoms with Gasteiger partial charge in [0.2, 0.25) is 0 Å². The molecule has 0 radical (unpaired) electrons. The van der Waals surface area contributed by atoms with Gasteiger partial charge in [0.05, 0.1) is 12.6 Å². The van der Waals surface area contributed by atoms with Crippen molar-refractivity contribution in [1.29, 1.82) is 0 Å². The summed E-state index contributed by atoms with van der Waals surface area (Å²) in [5, 5.41) is 0. The zero-order chi connectivity index (χ0) is 27.5. The van der Waals surface area contributed by atoms with Crippen molar-refractivity contribution in [2.45, 2.75) is 214 Å². The lowest BCUT2D eigenvalue weighted by Crippen LogP contribution is -2.37. The Bertz CT molecular complexity index is 602. The van der Waals surface area contributed by atoms with Crippen molar-refractivity contribution in [3.63, 3.8) is 0 Å². The quantitative estimate of drug-likeness (QED) is 0.0717. The molecule has 0 aliphatic carbocycles. The molecule has 0 spiro atoms. The molecule has 0 aliphatic heterocycles. The molecule has 1 rings (SSSR count). The molecule has 2 heteroatoms. The highest BCUT2D eigenvalue weighted by atomic mass is 15.2. The summed E-state index contributed by atoms with van der Waals surface area (Å²) in [6.45, 7) is 10.5. The van der Waals surface area contributed by atoms with E-state index in [4.69, 9.17) is 0 Å². The van der Waals surface area contributed by atoms with Crippen molar-refractivity contribution in [2.24, 2.45) is 0 Å². The van der Waals surface area contributed by atoms with Crippen LogP contribution in [0.5, 0.6) is 0 Å². The molecule has 0 bridgehead atoms. The first kappa shape index (κ1) is 35.2. The standard InChI is InChI=1S/C36H71N2/c1-5-7-9-11-13-15-17-18-19-20-21-23-25-27-29-31-36-37(33-34-38(36)35(3)4)32-30-28-26-24-22-16-14-12-10-8-6-2/h33-35H,5-32H2,1-4H3/q+1. The van der Waals surface area contributed by atoms with Gasteiger partial charge in [0.25, 0.3) is 5.82 Å². The number of hydrogen-bond donors (Lipinski definition) is 0. The second kappa shape index (κ2) is 26.4. The number of nitrogens with zero attached hydrogens (tertiary/aromatic N) is 2. The van der Waals surface area contributed by atoms with E-state index in [2.05, 4.69) is 49.2 Å². The van der Waals surface area contributed by atoms with Crippen LogP contribution in [0.4, 0.5) is 0 Å². The fourth-order valence-corrected chi connectivity index (χ4v) is 6.02. The van der Waals surface area contributed by atoms with Gasteiger partial charge in [-0.05, 0) is 33.1 Å². The van der Waals surface area contributed by atoms with Crippen LogP contribution in [-0.2, 0) is 13.0 Å². The number of hydrogen-bond acceptors (Lipinski definition) is 0. The molecule has 1 aromatic rings. The monoisotopic (exact) mass is 532 g/mol. The van der Waals surface area contributed by atoms with Gasteiger partial charge in [0.1, 0.15) is 12.4 Å². The summed E-state index contributed by atoms with van der Waals surface area (Å²) < 4.78 is 5.11. The lowest BCUT2D eigenvalue weighted by molar-refractivity contribution is -0.704. The molecule has 0 N–H and O–H groups in total. The van der Waals surface area contributed by atoms with Crippen molar-refractivity contribution >= 4 is 0 Å². The van der Waals surface area contributed by atoms with E-state index in [-0.39, 0.29) is 0 Å². The molecule has 0 aliphatic rings. The summed E-state index contributed by atoms with van der Waals surface area (Å²) in [4.78, 5) is 0. The summed E-state index contributed by atoms with van der Waals surface area (Å²) in [5.41, 5.74) is 0. The van der Waals surface area contributed by atoms with E-state index in [0.717, 1.165) is 0 Å². The lowest BCUT2D eigenvalue weighted by atomic mass is 10.0. The normalized spacial score (nSPS) is 11.7. The third kappa shape index (κ3) is 19.3. The maximum absolute atomic E-state index is 2.58. The molecule has 2 nitrogen and oxygen atoms in total. The van der Waals surface area contributed by atoms with Gasteiger partial charge in [0, 0.05) is 6.42 Å². The Morgan fingerprint density at radius 1 is 0.500 bits per heavy atom. The Balaban J connectivity index is 2.07. The Morgan fingerprint density at radius 3 is 1.21 bits per heavy atom. The number of rotatable bonds is 29. The molecule has 0 amide bonds. The average molecular weight is 532 g/mol. The van der Waals surface area contributed by atoms with Crippen LogP contribution in [0, 0.1) is 0 Å². The second-order valence-electron chi connectivity index (χ2n) is 12.6. The van der Waals surface area contributed by atoms with Gasteiger partial charge in [-0.1, -0.05) is 162 Å². The van der Waals surface area contributed by atoms with Gasteiger partial charge in [-0.2, -0.15) is 0 Å². The van der Waals surface area contributed by atoms with Crippen LogP contribution < -0.4 is 4.57 Å². The number of imidazole rings is 1. The number of aryl methyl sites for hydroxylation is 1. The molecule has 1 aromatic heterocycles. The van der Waals surface area contributed by atoms with Crippen LogP contribution in [0.2, 0.25) is 0 Å². The molecule has 0 unspecified atom stereocenters. The summed E-state index contributed by atoms with van der Waals surface area (Å²) in [6, 6.07) is 0.569. The second-order valence-corrected chi connectivity index (χ2v) is 12.6. The van der Waals surface area contributed by atoms with Crippen molar-refractivity contribution in [1.82, 2.24) is 4.57 Å². The van der Waals surface area contributed by atoms with Crippen LogP contribution in [0.15, 0.2) is 12.4 Å². The van der Waals surface area contributed by atoms with Crippen molar-refractivity contribution < 1.29 is 4.57 Å². The zero-order valence-corrected chi connectivity index (χ0v) is 26.9. The molecule has 0 aromatic carbocycles. The van der Waals surface area contributed by atoms with E-state index >= 15 is 0 Å². The van der Waals surface area contributed by atoms with Gasteiger partial charge in [-0.3, -0.25) is 0 Å². The molecule has 0 fully saturated rings. The topological polar surface area (TPSA) is 8.81 Å². The lowest BCUT2D eigenvalue weighted by Gasteiger charge is -2.08. The highest BCUT2D eigenvalue weighted by molar-refractivity contribution is 4.86. The Kier molecular flexibility index (Phi) is 24.5. The molecule has 0 saturated carbocycles. The Labute approximate surface area is 240 Å². The summed E-state index contributed by atoms with van der Waals surface area (Å²) in [5.74, 6) is 1.57. The Morgan fingerprint density at radius 2 is 0.842 bits per heavy atom. The van der Waals surface area contributed by atoms with E-state index in [9.17, 15) is 0 Å². The molecular formula is C36H71N2+. The molecule has 0 atom stereocenters. The summed E-state index contributed by atoms with van der Waals surface area (Å²) in [7, 11) is 0. The number of unbranched alkanes of at least 4 members (excludes halogenated alkanes) is 24. The third-order valence-electron chi connectivity index (χ3n) is 8.60. The van der Waals surface area contributed by atoms with E-state index < -0.39 is 0 Å². The average Bonchev–Trinajstić information content (AvgIpc) is 3.32. The predicted molar refractivity (Wildman–Crippen MR) is 170 cm³/mol. The molecule has 0 saturated heterocycles. The van der Waals surface area contributed by atoms with Gasteiger partial charge in [-0.15, -0.1) is 0 Å². The van der Waals surface area contributed by atoms with Crippen LogP contribution in [0.25, 0.3) is 0 Å². The predicted octanol–water partition coefficient (Wildman–Crippen LogP) is 12.1.